The van der Waals surface area contributed by atoms with E-state index in [9.17, 15) is 0 Å². The van der Waals surface area contributed by atoms with Gasteiger partial charge in [-0.15, -0.1) is 0 Å². The van der Waals surface area contributed by atoms with E-state index in [1.54, 1.807) is 25.5 Å². The molecule has 0 fully saturated rings. The van der Waals surface area contributed by atoms with Crippen LogP contribution in [0.4, 0.5) is 0 Å². The van der Waals surface area contributed by atoms with Gasteiger partial charge in [-0.3, -0.25) is 0 Å². The van der Waals surface area contributed by atoms with Gasteiger partial charge >= 0.3 is 279 Å². The number of benzene rings is 3. The molecule has 0 spiro atoms. The van der Waals surface area contributed by atoms with Crippen molar-refractivity contribution in [3.8, 4) is 11.1 Å². The van der Waals surface area contributed by atoms with Crippen molar-refractivity contribution >= 4 is 3.21 Å². The summed E-state index contributed by atoms with van der Waals surface area (Å²) in [6, 6.07) is 24.5. The van der Waals surface area contributed by atoms with Gasteiger partial charge in [-0.1, -0.05) is 0 Å². The van der Waals surface area contributed by atoms with Gasteiger partial charge in [-0.05, 0) is 0 Å². The van der Waals surface area contributed by atoms with Gasteiger partial charge in [0.2, 0.25) is 0 Å². The molecule has 0 nitrogen and oxygen atoms in total. The molecule has 0 N–H and O–H groups in total. The van der Waals surface area contributed by atoms with Crippen LogP contribution in [0.5, 0.6) is 0 Å². The Morgan fingerprint density at radius 2 is 1.15 bits per heavy atom. The van der Waals surface area contributed by atoms with E-state index in [4.69, 9.17) is 0 Å². The van der Waals surface area contributed by atoms with Crippen LogP contribution in [-0.2, 0) is 32.1 Å². The number of halogens is 2. The summed E-state index contributed by atoms with van der Waals surface area (Å²) in [5, 5.41) is 0. The largest absolute Gasteiger partial charge is 1.00 e. The second-order valence-electron chi connectivity index (χ2n) is 16.5. The van der Waals surface area contributed by atoms with E-state index in [-0.39, 0.29) is 41.1 Å². The molecule has 0 heterocycles. The van der Waals surface area contributed by atoms with Gasteiger partial charge in [0, 0.05) is 0 Å². The van der Waals surface area contributed by atoms with Crippen LogP contribution in [0.2, 0.25) is 0 Å². The Hall–Kier alpha value is -1.53. The zero-order chi connectivity index (χ0) is 32.4. The molecule has 3 aromatic carbocycles. The minimum atomic E-state index is -2.69. The van der Waals surface area contributed by atoms with Crippen molar-refractivity contribution in [2.24, 2.45) is 11.3 Å². The first-order valence-electron chi connectivity index (χ1n) is 17.0. The summed E-state index contributed by atoms with van der Waals surface area (Å²) in [4.78, 5) is 0. The normalized spacial score (nSPS) is 16.8. The molecular formula is C43H56Cl2Zr. The summed E-state index contributed by atoms with van der Waals surface area (Å²) in [6.45, 7) is 31.1. The van der Waals surface area contributed by atoms with Crippen LogP contribution in [0, 0.1) is 18.3 Å². The average molecular weight is 735 g/mol. The Balaban J connectivity index is 0.00000288. The van der Waals surface area contributed by atoms with Crippen LogP contribution in [0.3, 0.4) is 0 Å². The average Bonchev–Trinajstić information content (AvgIpc) is 3.48. The Bertz CT molecular complexity index is 1610. The Morgan fingerprint density at radius 1 is 0.674 bits per heavy atom. The molecule has 0 aliphatic heterocycles. The molecule has 0 bridgehead atoms. The van der Waals surface area contributed by atoms with Crippen molar-refractivity contribution in [1.82, 2.24) is 0 Å². The number of aryl methyl sites for hydroxylation is 1. The Labute approximate surface area is 301 Å². The van der Waals surface area contributed by atoms with E-state index >= 15 is 0 Å². The third kappa shape index (κ3) is 7.24. The van der Waals surface area contributed by atoms with Crippen molar-refractivity contribution in [3.63, 3.8) is 0 Å². The summed E-state index contributed by atoms with van der Waals surface area (Å²) in [5.74, 6) is 0.540. The predicted octanol–water partition coefficient (Wildman–Crippen LogP) is 6.20. The first-order valence-corrected chi connectivity index (χ1v) is 20.9. The minimum Gasteiger partial charge on any atom is -1.00 e. The van der Waals surface area contributed by atoms with Gasteiger partial charge in [-0.25, -0.2) is 0 Å². The van der Waals surface area contributed by atoms with Crippen molar-refractivity contribution in [2.75, 3.05) is 0 Å². The summed E-state index contributed by atoms with van der Waals surface area (Å²) >= 11 is -2.69. The first kappa shape index (κ1) is 38.9. The second-order valence-corrected chi connectivity index (χ2v) is 23.2. The third-order valence-corrected chi connectivity index (χ3v) is 18.9. The van der Waals surface area contributed by atoms with Gasteiger partial charge in [0.05, 0.1) is 0 Å². The number of rotatable bonds is 5. The van der Waals surface area contributed by atoms with Crippen LogP contribution in [-0.4, -0.2) is 3.21 Å². The molecule has 246 valence electrons. The summed E-state index contributed by atoms with van der Waals surface area (Å²) in [6.07, 6.45) is 5.00. The number of allylic oxidation sites excluding steroid dienone is 4. The molecule has 46 heavy (non-hydrogen) atoms. The van der Waals surface area contributed by atoms with Crippen LogP contribution in [0.15, 0.2) is 81.2 Å². The minimum absolute atomic E-state index is 0. The van der Waals surface area contributed by atoms with Crippen molar-refractivity contribution < 1.29 is 46.1 Å². The molecule has 0 amide bonds. The maximum Gasteiger partial charge on any atom is -1.00 e. The molecule has 0 aromatic heterocycles. The van der Waals surface area contributed by atoms with E-state index in [1.165, 1.54) is 39.8 Å². The first-order chi connectivity index (χ1) is 20.5. The van der Waals surface area contributed by atoms with E-state index in [1.807, 2.05) is 3.28 Å². The van der Waals surface area contributed by atoms with E-state index < -0.39 is 21.3 Å². The van der Waals surface area contributed by atoms with Crippen molar-refractivity contribution in [1.29, 1.82) is 0 Å². The molecule has 0 saturated carbocycles. The number of fused-ring (bicyclic) bond motifs is 3. The monoisotopic (exact) mass is 732 g/mol. The van der Waals surface area contributed by atoms with Gasteiger partial charge in [0.1, 0.15) is 0 Å². The molecule has 2 aliphatic rings. The Kier molecular flexibility index (Phi) is 12.0. The molecule has 0 radical (unpaired) electrons. The fraction of sp³-hybridized carbons (Fsp3) is 0.465. The van der Waals surface area contributed by atoms with Crippen molar-refractivity contribution in [3.05, 3.63) is 115 Å². The maximum atomic E-state index is 2.70. The maximum absolute atomic E-state index is 2.70. The number of hydrogen-bond donors (Lipinski definition) is 0. The predicted molar refractivity (Wildman–Crippen MR) is 191 cm³/mol. The van der Waals surface area contributed by atoms with Crippen LogP contribution >= 0.6 is 0 Å². The second kappa shape index (κ2) is 14.1. The standard InChI is InChI=1S/C21H25.C13H21.C9H10.2ClH.Zr/c1-20(2,3)16-7-9-18-14(12-16)11-15-13-17(21(4,5)6)8-10-19(15)18;1-6-10-8-11(7-2)12(9-10)13(3,4)5;1-3-9-6-4-8(2)5-7-9;;;/h7-13H,1-6H3;9-10H,6-7H2,1-5H3;4-7H,1-2H3;2*1H;/q;;;;;+2/p-2. The summed E-state index contributed by atoms with van der Waals surface area (Å²) in [7, 11) is 0. The van der Waals surface area contributed by atoms with Gasteiger partial charge < -0.3 is 24.8 Å². The van der Waals surface area contributed by atoms with Crippen LogP contribution in [0.1, 0.15) is 133 Å². The molecule has 5 rings (SSSR count). The SMILES string of the molecule is CCC1=[C](/[Zr+2](=[C](/C)c2ccc(C)cc2)[CH]2c3cc(C(C)(C)C)ccc3-c3ccc(C(C)(C)C)cc32)C(CC)C=C1C(C)(C)C.[Cl-].[Cl-]. The van der Waals surface area contributed by atoms with E-state index in [2.05, 4.69) is 157 Å². The fourth-order valence-electron chi connectivity index (χ4n) is 7.56. The molecular weight excluding hydrogens is 679 g/mol. The summed E-state index contributed by atoms with van der Waals surface area (Å²) < 4.78 is 4.03. The zero-order valence-electron chi connectivity index (χ0n) is 30.7. The number of hydrogen-bond acceptors (Lipinski definition) is 0. The van der Waals surface area contributed by atoms with E-state index in [0.29, 0.717) is 9.54 Å². The van der Waals surface area contributed by atoms with Gasteiger partial charge in [-0.2, -0.15) is 0 Å². The van der Waals surface area contributed by atoms with Crippen LogP contribution < -0.4 is 24.8 Å². The Morgan fingerprint density at radius 3 is 1.54 bits per heavy atom. The summed E-state index contributed by atoms with van der Waals surface area (Å²) in [5.41, 5.74) is 15.5. The van der Waals surface area contributed by atoms with Crippen molar-refractivity contribution in [2.45, 2.75) is 117 Å². The van der Waals surface area contributed by atoms with E-state index in [0.717, 1.165) is 6.42 Å². The topological polar surface area (TPSA) is 0 Å². The van der Waals surface area contributed by atoms with Gasteiger partial charge in [0.25, 0.3) is 0 Å². The quantitative estimate of drug-likeness (QED) is 0.293. The third-order valence-electron chi connectivity index (χ3n) is 10.2. The smallest absolute Gasteiger partial charge is 1.00 e. The van der Waals surface area contributed by atoms with Crippen LogP contribution in [0.25, 0.3) is 11.1 Å². The zero-order valence-corrected chi connectivity index (χ0v) is 34.6. The molecule has 3 aromatic rings. The molecule has 1 unspecified atom stereocenters. The molecule has 3 heteroatoms. The molecule has 1 atom stereocenters. The van der Waals surface area contributed by atoms with Gasteiger partial charge in [0.15, 0.2) is 0 Å². The molecule has 2 aliphatic carbocycles. The molecule has 0 saturated heterocycles. The fourth-order valence-corrected chi connectivity index (χ4v) is 17.5.